The monoisotopic (exact) mass is 320 g/mol. The first-order chi connectivity index (χ1) is 11.0. The Kier molecular flexibility index (Phi) is 5.24. The van der Waals surface area contributed by atoms with Gasteiger partial charge < -0.3 is 15.4 Å². The Bertz CT molecular complexity index is 698. The summed E-state index contributed by atoms with van der Waals surface area (Å²) in [4.78, 5) is 23.0. The van der Waals surface area contributed by atoms with Crippen molar-refractivity contribution in [2.24, 2.45) is 0 Å². The lowest BCUT2D eigenvalue weighted by atomic mass is 10.2. The summed E-state index contributed by atoms with van der Waals surface area (Å²) in [5, 5.41) is 5.20. The number of nitrogens with one attached hydrogen (secondary N) is 2. The smallest absolute Gasteiger partial charge is 0.337 e. The van der Waals surface area contributed by atoms with Crippen molar-refractivity contribution in [1.29, 1.82) is 0 Å². The van der Waals surface area contributed by atoms with Crippen LogP contribution in [0.1, 0.15) is 10.4 Å². The summed E-state index contributed by atoms with van der Waals surface area (Å²) in [6, 6.07) is 9.08. The molecule has 0 heterocycles. The summed E-state index contributed by atoms with van der Waals surface area (Å²) in [5.74, 6) is -2.47. The van der Waals surface area contributed by atoms with Crippen LogP contribution in [0.3, 0.4) is 0 Å². The molecule has 0 atom stereocenters. The van der Waals surface area contributed by atoms with E-state index in [-0.39, 0.29) is 12.2 Å². The Hall–Kier alpha value is -2.96. The van der Waals surface area contributed by atoms with Crippen LogP contribution in [0.15, 0.2) is 42.5 Å². The third-order valence-electron chi connectivity index (χ3n) is 2.91. The van der Waals surface area contributed by atoms with E-state index in [1.807, 2.05) is 0 Å². The minimum atomic E-state index is -0.772. The van der Waals surface area contributed by atoms with Crippen LogP contribution in [0, 0.1) is 11.6 Å². The van der Waals surface area contributed by atoms with Crippen molar-refractivity contribution in [3.05, 3.63) is 59.7 Å². The summed E-state index contributed by atoms with van der Waals surface area (Å²) >= 11 is 0. The predicted octanol–water partition coefficient (Wildman–Crippen LogP) is 2.80. The van der Waals surface area contributed by atoms with Gasteiger partial charge in [0.2, 0.25) is 5.91 Å². The molecule has 23 heavy (non-hydrogen) atoms. The lowest BCUT2D eigenvalue weighted by Gasteiger charge is -2.08. The molecular formula is C16H14F2N2O3. The Balaban J connectivity index is 1.90. The molecule has 2 aromatic rings. The lowest BCUT2D eigenvalue weighted by Crippen LogP contribution is -2.21. The molecule has 2 rings (SSSR count). The van der Waals surface area contributed by atoms with Gasteiger partial charge in [-0.15, -0.1) is 0 Å². The number of carbonyl (C=O) groups excluding carboxylic acids is 2. The third-order valence-corrected chi connectivity index (χ3v) is 2.91. The molecule has 0 radical (unpaired) electrons. The fourth-order valence-corrected chi connectivity index (χ4v) is 1.86. The number of methoxy groups -OCH3 is 1. The van der Waals surface area contributed by atoms with Gasteiger partial charge in [0.25, 0.3) is 0 Å². The molecule has 120 valence electrons. The molecule has 0 saturated carbocycles. The molecule has 0 saturated heterocycles. The number of halogens is 2. The first-order valence-corrected chi connectivity index (χ1v) is 6.66. The number of esters is 1. The maximum absolute atomic E-state index is 13.0. The van der Waals surface area contributed by atoms with Gasteiger partial charge in [0.05, 0.1) is 19.2 Å². The van der Waals surface area contributed by atoms with E-state index >= 15 is 0 Å². The molecule has 0 unspecified atom stereocenters. The number of hydrogen-bond acceptors (Lipinski definition) is 4. The summed E-state index contributed by atoms with van der Waals surface area (Å²) in [7, 11) is 1.29. The van der Waals surface area contributed by atoms with E-state index in [0.717, 1.165) is 18.2 Å². The minimum Gasteiger partial charge on any atom is -0.465 e. The molecule has 0 aliphatic heterocycles. The maximum Gasteiger partial charge on any atom is 0.337 e. The highest BCUT2D eigenvalue weighted by Gasteiger charge is 2.07. The van der Waals surface area contributed by atoms with Crippen molar-refractivity contribution in [2.45, 2.75) is 0 Å². The van der Waals surface area contributed by atoms with Crippen molar-refractivity contribution in [3.8, 4) is 0 Å². The van der Waals surface area contributed by atoms with E-state index in [4.69, 9.17) is 0 Å². The number of rotatable bonds is 5. The van der Waals surface area contributed by atoms with Crippen molar-refractivity contribution < 1.29 is 23.1 Å². The highest BCUT2D eigenvalue weighted by molar-refractivity contribution is 5.94. The molecule has 0 aromatic heterocycles. The molecule has 1 amide bonds. The Labute approximate surface area is 131 Å². The standard InChI is InChI=1S/C16H14F2N2O3/c1-23-16(22)10-2-4-13(5-3-10)19-9-15(21)20-14-7-11(17)6-12(18)8-14/h2-8,19H,9H2,1H3,(H,20,21). The van der Waals surface area contributed by atoms with Gasteiger partial charge in [0, 0.05) is 17.4 Å². The first kappa shape index (κ1) is 16.4. The van der Waals surface area contributed by atoms with E-state index < -0.39 is 23.5 Å². The average molecular weight is 320 g/mol. The SMILES string of the molecule is COC(=O)c1ccc(NCC(=O)Nc2cc(F)cc(F)c2)cc1. The summed E-state index contributed by atoms with van der Waals surface area (Å²) in [6.45, 7) is -0.101. The number of carbonyl (C=O) groups is 2. The Morgan fingerprint density at radius 2 is 1.61 bits per heavy atom. The second-order valence-electron chi connectivity index (χ2n) is 4.63. The topological polar surface area (TPSA) is 67.4 Å². The maximum atomic E-state index is 13.0. The van der Waals surface area contributed by atoms with Crippen molar-refractivity contribution in [3.63, 3.8) is 0 Å². The fraction of sp³-hybridized carbons (Fsp3) is 0.125. The largest absolute Gasteiger partial charge is 0.465 e. The van der Waals surface area contributed by atoms with Crippen molar-refractivity contribution in [2.75, 3.05) is 24.3 Å². The van der Waals surface area contributed by atoms with Crippen LogP contribution in [0.4, 0.5) is 20.2 Å². The third kappa shape index (κ3) is 4.77. The molecule has 0 fully saturated rings. The summed E-state index contributed by atoms with van der Waals surface area (Å²) < 4.78 is 30.6. The molecule has 5 nitrogen and oxygen atoms in total. The molecule has 0 spiro atoms. The zero-order valence-corrected chi connectivity index (χ0v) is 12.2. The zero-order valence-electron chi connectivity index (χ0n) is 12.2. The van der Waals surface area contributed by atoms with Crippen LogP contribution in [-0.4, -0.2) is 25.5 Å². The number of ether oxygens (including phenoxy) is 1. The van der Waals surface area contributed by atoms with Gasteiger partial charge in [0.1, 0.15) is 11.6 Å². The number of amides is 1. The van der Waals surface area contributed by atoms with Crippen molar-refractivity contribution in [1.82, 2.24) is 0 Å². The first-order valence-electron chi connectivity index (χ1n) is 6.66. The van der Waals surface area contributed by atoms with Gasteiger partial charge in [-0.3, -0.25) is 4.79 Å². The van der Waals surface area contributed by atoms with Gasteiger partial charge in [-0.05, 0) is 36.4 Å². The molecule has 0 aliphatic carbocycles. The predicted molar refractivity (Wildman–Crippen MR) is 81.3 cm³/mol. The van der Waals surface area contributed by atoms with Crippen LogP contribution in [0.5, 0.6) is 0 Å². The van der Waals surface area contributed by atoms with E-state index in [2.05, 4.69) is 15.4 Å². The second-order valence-corrected chi connectivity index (χ2v) is 4.63. The second kappa shape index (κ2) is 7.35. The van der Waals surface area contributed by atoms with Gasteiger partial charge in [0.15, 0.2) is 0 Å². The minimum absolute atomic E-state index is 0.0374. The van der Waals surface area contributed by atoms with Gasteiger partial charge in [-0.2, -0.15) is 0 Å². The van der Waals surface area contributed by atoms with Crippen LogP contribution in [0.2, 0.25) is 0 Å². The highest BCUT2D eigenvalue weighted by atomic mass is 19.1. The zero-order chi connectivity index (χ0) is 16.8. The molecule has 7 heteroatoms. The normalized spacial score (nSPS) is 10.0. The van der Waals surface area contributed by atoms with E-state index in [9.17, 15) is 18.4 Å². The number of benzene rings is 2. The van der Waals surface area contributed by atoms with E-state index in [1.165, 1.54) is 7.11 Å². The molecule has 2 aromatic carbocycles. The van der Waals surface area contributed by atoms with E-state index in [0.29, 0.717) is 11.3 Å². The molecular weight excluding hydrogens is 306 g/mol. The molecule has 2 N–H and O–H groups in total. The van der Waals surface area contributed by atoms with Crippen molar-refractivity contribution >= 4 is 23.3 Å². The Morgan fingerprint density at radius 3 is 2.17 bits per heavy atom. The summed E-state index contributed by atoms with van der Waals surface area (Å²) in [5.41, 5.74) is 1.03. The molecule has 0 aliphatic rings. The highest BCUT2D eigenvalue weighted by Crippen LogP contribution is 2.13. The number of anilines is 2. The van der Waals surface area contributed by atoms with Crippen LogP contribution in [-0.2, 0) is 9.53 Å². The lowest BCUT2D eigenvalue weighted by molar-refractivity contribution is -0.114. The Morgan fingerprint density at radius 1 is 1.00 bits per heavy atom. The van der Waals surface area contributed by atoms with Gasteiger partial charge in [-0.25, -0.2) is 13.6 Å². The van der Waals surface area contributed by atoms with Gasteiger partial charge in [-0.1, -0.05) is 0 Å². The van der Waals surface area contributed by atoms with Crippen LogP contribution >= 0.6 is 0 Å². The summed E-state index contributed by atoms with van der Waals surface area (Å²) in [6.07, 6.45) is 0. The number of hydrogen-bond donors (Lipinski definition) is 2. The van der Waals surface area contributed by atoms with Crippen LogP contribution < -0.4 is 10.6 Å². The van der Waals surface area contributed by atoms with E-state index in [1.54, 1.807) is 24.3 Å². The average Bonchev–Trinajstić information content (AvgIpc) is 2.51. The fourth-order valence-electron chi connectivity index (χ4n) is 1.86. The van der Waals surface area contributed by atoms with Crippen LogP contribution in [0.25, 0.3) is 0 Å². The quantitative estimate of drug-likeness (QED) is 0.831. The molecule has 0 bridgehead atoms. The van der Waals surface area contributed by atoms with Gasteiger partial charge >= 0.3 is 5.97 Å².